The number of fused-ring (bicyclic) bond motifs is 1. The van der Waals surface area contributed by atoms with E-state index in [4.69, 9.17) is 9.47 Å². The van der Waals surface area contributed by atoms with E-state index >= 15 is 0 Å². The van der Waals surface area contributed by atoms with E-state index < -0.39 is 0 Å². The summed E-state index contributed by atoms with van der Waals surface area (Å²) in [5, 5.41) is 0. The van der Waals surface area contributed by atoms with E-state index in [-0.39, 0.29) is 25.2 Å². The van der Waals surface area contributed by atoms with Gasteiger partial charge in [-0.25, -0.2) is 0 Å². The van der Waals surface area contributed by atoms with Crippen LogP contribution in [0.5, 0.6) is 11.5 Å². The molecule has 0 atom stereocenters. The Labute approximate surface area is 233 Å². The van der Waals surface area contributed by atoms with E-state index in [0.29, 0.717) is 36.7 Å². The van der Waals surface area contributed by atoms with Crippen molar-refractivity contribution in [2.45, 2.75) is 52.6 Å². The molecule has 0 radical (unpaired) electrons. The van der Waals surface area contributed by atoms with Crippen LogP contribution in [0.15, 0.2) is 65.3 Å². The summed E-state index contributed by atoms with van der Waals surface area (Å²) in [5.41, 5.74) is 2.76. The van der Waals surface area contributed by atoms with Gasteiger partial charge in [0.25, 0.3) is 5.91 Å². The van der Waals surface area contributed by atoms with Gasteiger partial charge >= 0.3 is 0 Å². The quantitative estimate of drug-likeness (QED) is 0.245. The molecule has 0 fully saturated rings. The van der Waals surface area contributed by atoms with Gasteiger partial charge in [-0.15, -0.1) is 0 Å². The number of unbranched alkanes of at least 4 members (excludes halogenated alkanes) is 2. The first-order valence-corrected chi connectivity index (χ1v) is 14.1. The molecule has 3 aromatic rings. The highest BCUT2D eigenvalue weighted by Gasteiger charge is 2.24. The summed E-state index contributed by atoms with van der Waals surface area (Å²) in [6.07, 6.45) is 5.71. The van der Waals surface area contributed by atoms with Crippen LogP contribution in [-0.4, -0.2) is 52.6 Å². The maximum atomic E-state index is 13.7. The minimum Gasteiger partial charge on any atom is -0.454 e. The average molecular weight is 583 g/mol. The predicted molar refractivity (Wildman–Crippen MR) is 151 cm³/mol. The molecule has 0 bridgehead atoms. The van der Waals surface area contributed by atoms with Crippen LogP contribution < -0.4 is 9.47 Å². The first kappa shape index (κ1) is 27.8. The zero-order valence-electron chi connectivity index (χ0n) is 22.2. The van der Waals surface area contributed by atoms with Crippen LogP contribution in [0.2, 0.25) is 0 Å². The topological polar surface area (TPSA) is 64.0 Å². The van der Waals surface area contributed by atoms with Crippen molar-refractivity contribution >= 4 is 27.7 Å². The van der Waals surface area contributed by atoms with Crippen molar-refractivity contribution in [3.05, 3.63) is 82.1 Å². The number of carbonyl (C=O) groups is 2. The number of aromatic nitrogens is 1. The van der Waals surface area contributed by atoms with Gasteiger partial charge < -0.3 is 23.8 Å². The minimum atomic E-state index is -0.167. The molecule has 202 valence electrons. The third kappa shape index (κ3) is 7.19. The van der Waals surface area contributed by atoms with E-state index in [9.17, 15) is 9.59 Å². The number of hydrogen-bond donors (Lipinski definition) is 0. The zero-order chi connectivity index (χ0) is 26.9. The molecule has 2 heterocycles. The van der Waals surface area contributed by atoms with Gasteiger partial charge in [0, 0.05) is 41.6 Å². The maximum absolute atomic E-state index is 13.7. The maximum Gasteiger partial charge on any atom is 0.254 e. The Kier molecular flexibility index (Phi) is 9.87. The van der Waals surface area contributed by atoms with Crippen molar-refractivity contribution in [3.8, 4) is 11.5 Å². The molecule has 8 heteroatoms. The molecule has 4 rings (SSSR count). The second-order valence-electron chi connectivity index (χ2n) is 9.57. The lowest BCUT2D eigenvalue weighted by molar-refractivity contribution is -0.132. The number of rotatable bonds is 13. The number of amides is 2. The Morgan fingerprint density at radius 1 is 0.921 bits per heavy atom. The lowest BCUT2D eigenvalue weighted by atomic mass is 10.1. The van der Waals surface area contributed by atoms with Crippen molar-refractivity contribution in [1.29, 1.82) is 0 Å². The van der Waals surface area contributed by atoms with Crippen LogP contribution in [0, 0.1) is 0 Å². The van der Waals surface area contributed by atoms with Gasteiger partial charge in [-0.2, -0.15) is 0 Å². The zero-order valence-corrected chi connectivity index (χ0v) is 23.8. The third-order valence-electron chi connectivity index (χ3n) is 6.69. The molecule has 2 aromatic carbocycles. The molecule has 1 aliphatic rings. The fourth-order valence-corrected chi connectivity index (χ4v) is 4.71. The summed E-state index contributed by atoms with van der Waals surface area (Å²) in [6.45, 7) is 6.81. The number of nitrogens with zero attached hydrogens (tertiary/aromatic N) is 3. The van der Waals surface area contributed by atoms with E-state index in [1.807, 2.05) is 23.1 Å². The second kappa shape index (κ2) is 13.5. The Hall–Kier alpha value is -3.26. The molecule has 0 N–H and O–H groups in total. The second-order valence-corrected chi connectivity index (χ2v) is 10.5. The molecule has 1 aliphatic heterocycles. The number of ether oxygens (including phenoxy) is 2. The summed E-state index contributed by atoms with van der Waals surface area (Å²) < 4.78 is 14.1. The van der Waals surface area contributed by atoms with Gasteiger partial charge in [-0.05, 0) is 60.9 Å². The van der Waals surface area contributed by atoms with Gasteiger partial charge in [0.1, 0.15) is 6.54 Å². The molecule has 0 saturated carbocycles. The molecule has 38 heavy (non-hydrogen) atoms. The molecule has 2 amide bonds. The highest BCUT2D eigenvalue weighted by molar-refractivity contribution is 9.10. The van der Waals surface area contributed by atoms with E-state index in [0.717, 1.165) is 42.4 Å². The van der Waals surface area contributed by atoms with Gasteiger partial charge in [0.15, 0.2) is 11.5 Å². The first-order chi connectivity index (χ1) is 18.5. The Bertz CT molecular complexity index is 1220. The summed E-state index contributed by atoms with van der Waals surface area (Å²) in [6, 6.07) is 17.6. The van der Waals surface area contributed by atoms with Crippen molar-refractivity contribution in [3.63, 3.8) is 0 Å². The van der Waals surface area contributed by atoms with Gasteiger partial charge in [-0.3, -0.25) is 9.59 Å². The molecular weight excluding hydrogens is 546 g/mol. The normalized spacial score (nSPS) is 12.0. The number of benzene rings is 2. The van der Waals surface area contributed by atoms with Crippen LogP contribution in [0.4, 0.5) is 0 Å². The summed E-state index contributed by atoms with van der Waals surface area (Å²) >= 11 is 3.49. The molecule has 0 unspecified atom stereocenters. The monoisotopic (exact) mass is 581 g/mol. The van der Waals surface area contributed by atoms with Crippen LogP contribution in [0.1, 0.15) is 61.1 Å². The number of carbonyl (C=O) groups excluding carboxylic acids is 2. The van der Waals surface area contributed by atoms with E-state index in [2.05, 4.69) is 58.7 Å². The molecule has 0 saturated heterocycles. The fraction of sp³-hybridized carbons (Fsp3) is 0.400. The molecule has 1 aromatic heterocycles. The smallest absolute Gasteiger partial charge is 0.254 e. The largest absolute Gasteiger partial charge is 0.454 e. The Morgan fingerprint density at radius 3 is 2.37 bits per heavy atom. The van der Waals surface area contributed by atoms with Crippen molar-refractivity contribution < 1.29 is 19.1 Å². The van der Waals surface area contributed by atoms with E-state index in [1.54, 1.807) is 23.1 Å². The Morgan fingerprint density at radius 2 is 1.63 bits per heavy atom. The first-order valence-electron chi connectivity index (χ1n) is 13.3. The highest BCUT2D eigenvalue weighted by atomic mass is 79.9. The van der Waals surface area contributed by atoms with Gasteiger partial charge in [-0.1, -0.05) is 54.8 Å². The third-order valence-corrected chi connectivity index (χ3v) is 7.22. The number of hydrogen-bond acceptors (Lipinski definition) is 4. The van der Waals surface area contributed by atoms with Crippen molar-refractivity contribution in [2.75, 3.05) is 26.4 Å². The van der Waals surface area contributed by atoms with Crippen molar-refractivity contribution in [1.82, 2.24) is 14.4 Å². The Balaban J connectivity index is 1.48. The summed E-state index contributed by atoms with van der Waals surface area (Å²) in [7, 11) is 0. The van der Waals surface area contributed by atoms with Crippen LogP contribution in [-0.2, 0) is 17.9 Å². The predicted octanol–water partition coefficient (Wildman–Crippen LogP) is 6.10. The van der Waals surface area contributed by atoms with Gasteiger partial charge in [0.05, 0.1) is 6.54 Å². The summed E-state index contributed by atoms with van der Waals surface area (Å²) in [4.78, 5) is 30.7. The average Bonchev–Trinajstić information content (AvgIpc) is 3.58. The summed E-state index contributed by atoms with van der Waals surface area (Å²) in [5.74, 6) is 0.988. The lowest BCUT2D eigenvalue weighted by Gasteiger charge is -2.28. The van der Waals surface area contributed by atoms with E-state index in [1.165, 1.54) is 5.56 Å². The SMILES string of the molecule is CCCCN(Cc1cccn1Cc1ccc(Br)cc1)C(=O)CN(CCCC)C(=O)c1ccc2c(c1)OCO2. The van der Waals surface area contributed by atoms with Crippen molar-refractivity contribution in [2.24, 2.45) is 0 Å². The highest BCUT2D eigenvalue weighted by Crippen LogP contribution is 2.32. The van der Waals surface area contributed by atoms with Crippen LogP contribution in [0.25, 0.3) is 0 Å². The lowest BCUT2D eigenvalue weighted by Crippen LogP contribution is -2.43. The fourth-order valence-electron chi connectivity index (χ4n) is 4.45. The van der Waals surface area contributed by atoms with Crippen LogP contribution >= 0.6 is 15.9 Å². The van der Waals surface area contributed by atoms with Gasteiger partial charge in [0.2, 0.25) is 12.7 Å². The number of halogens is 1. The standard InChI is InChI=1S/C30H36BrN3O4/c1-3-5-15-33(20-26-8-7-17-32(26)19-23-9-12-25(31)13-10-23)29(35)21-34(16-6-4-2)30(36)24-11-14-27-28(18-24)38-22-37-27/h7-14,17-18H,3-6,15-16,19-22H2,1-2H3. The molecule has 0 spiro atoms. The minimum absolute atomic E-state index is 0.0416. The molecular formula is C30H36BrN3O4. The van der Waals surface area contributed by atoms with Crippen LogP contribution in [0.3, 0.4) is 0 Å². The molecule has 7 nitrogen and oxygen atoms in total. The molecule has 0 aliphatic carbocycles.